The zero-order chi connectivity index (χ0) is 17.8. The van der Waals surface area contributed by atoms with Gasteiger partial charge in [0.05, 0.1) is 6.04 Å². The number of carbonyl (C=O) groups is 1. The molecular formula is C20H22ClFN2O. The fraction of sp³-hybridized carbons (Fsp3) is 0.350. The van der Waals surface area contributed by atoms with E-state index in [0.29, 0.717) is 22.7 Å². The van der Waals surface area contributed by atoms with Crippen molar-refractivity contribution in [2.75, 3.05) is 19.6 Å². The Hall–Kier alpha value is -1.91. The first-order chi connectivity index (χ1) is 12.1. The molecule has 0 radical (unpaired) electrons. The highest BCUT2D eigenvalue weighted by Gasteiger charge is 2.28. The van der Waals surface area contributed by atoms with Gasteiger partial charge in [0.2, 0.25) is 0 Å². The Labute approximate surface area is 152 Å². The summed E-state index contributed by atoms with van der Waals surface area (Å²) in [5, 5.41) is 3.37. The molecule has 1 fully saturated rings. The molecule has 0 aliphatic carbocycles. The number of hydrogen-bond acceptors (Lipinski definition) is 2. The SMILES string of the molecule is Cc1ccccc1C(=O)NCC(c1c(F)cccc1Cl)N1CCCC1. The highest BCUT2D eigenvalue weighted by molar-refractivity contribution is 6.31. The third-order valence-corrected chi connectivity index (χ3v) is 5.09. The van der Waals surface area contributed by atoms with E-state index >= 15 is 0 Å². The van der Waals surface area contributed by atoms with Crippen molar-refractivity contribution in [3.05, 3.63) is 70.0 Å². The van der Waals surface area contributed by atoms with Gasteiger partial charge in [-0.1, -0.05) is 35.9 Å². The molecule has 25 heavy (non-hydrogen) atoms. The van der Waals surface area contributed by atoms with Gasteiger partial charge in [-0.2, -0.15) is 0 Å². The fourth-order valence-corrected chi connectivity index (χ4v) is 3.70. The van der Waals surface area contributed by atoms with Crippen LogP contribution in [0.1, 0.15) is 40.4 Å². The van der Waals surface area contributed by atoms with Crippen LogP contribution in [-0.2, 0) is 0 Å². The number of amides is 1. The van der Waals surface area contributed by atoms with Crippen molar-refractivity contribution in [1.29, 1.82) is 0 Å². The van der Waals surface area contributed by atoms with Crippen LogP contribution in [0.15, 0.2) is 42.5 Å². The number of halogens is 2. The topological polar surface area (TPSA) is 32.3 Å². The molecular weight excluding hydrogens is 339 g/mol. The Morgan fingerprint density at radius 3 is 2.60 bits per heavy atom. The van der Waals surface area contributed by atoms with Crippen LogP contribution in [-0.4, -0.2) is 30.4 Å². The van der Waals surface area contributed by atoms with Crippen molar-refractivity contribution in [1.82, 2.24) is 10.2 Å². The maximum absolute atomic E-state index is 14.4. The maximum Gasteiger partial charge on any atom is 0.251 e. The van der Waals surface area contributed by atoms with Crippen LogP contribution in [0.2, 0.25) is 5.02 Å². The first-order valence-electron chi connectivity index (χ1n) is 8.59. The molecule has 132 valence electrons. The van der Waals surface area contributed by atoms with E-state index in [9.17, 15) is 9.18 Å². The summed E-state index contributed by atoms with van der Waals surface area (Å²) in [5.74, 6) is -0.468. The Balaban J connectivity index is 1.81. The molecule has 3 rings (SSSR count). The highest BCUT2D eigenvalue weighted by Crippen LogP contribution is 2.32. The molecule has 1 atom stereocenters. The number of aryl methyl sites for hydroxylation is 1. The molecule has 0 saturated carbocycles. The van der Waals surface area contributed by atoms with E-state index in [1.54, 1.807) is 18.2 Å². The minimum absolute atomic E-state index is 0.144. The molecule has 5 heteroatoms. The summed E-state index contributed by atoms with van der Waals surface area (Å²) in [7, 11) is 0. The third kappa shape index (κ3) is 4.02. The van der Waals surface area contributed by atoms with Crippen LogP contribution in [0.3, 0.4) is 0 Å². The fourth-order valence-electron chi connectivity index (χ4n) is 3.41. The van der Waals surface area contributed by atoms with E-state index in [-0.39, 0.29) is 17.8 Å². The van der Waals surface area contributed by atoms with Gasteiger partial charge in [-0.05, 0) is 56.6 Å². The molecule has 0 spiro atoms. The second kappa shape index (κ2) is 7.98. The second-order valence-electron chi connectivity index (χ2n) is 6.42. The van der Waals surface area contributed by atoms with Gasteiger partial charge in [0, 0.05) is 22.7 Å². The smallest absolute Gasteiger partial charge is 0.251 e. The Morgan fingerprint density at radius 2 is 1.92 bits per heavy atom. The van der Waals surface area contributed by atoms with Crippen molar-refractivity contribution >= 4 is 17.5 Å². The van der Waals surface area contributed by atoms with E-state index in [0.717, 1.165) is 31.5 Å². The van der Waals surface area contributed by atoms with Crippen LogP contribution < -0.4 is 5.32 Å². The lowest BCUT2D eigenvalue weighted by Gasteiger charge is -2.29. The van der Waals surface area contributed by atoms with E-state index < -0.39 is 0 Å². The van der Waals surface area contributed by atoms with Gasteiger partial charge in [0.1, 0.15) is 5.82 Å². The minimum Gasteiger partial charge on any atom is -0.350 e. The Kier molecular flexibility index (Phi) is 5.71. The molecule has 1 heterocycles. The van der Waals surface area contributed by atoms with Crippen molar-refractivity contribution < 1.29 is 9.18 Å². The number of carbonyl (C=O) groups excluding carboxylic acids is 1. The summed E-state index contributed by atoms with van der Waals surface area (Å²) >= 11 is 6.28. The molecule has 1 amide bonds. The summed E-state index contributed by atoms with van der Waals surface area (Å²) < 4.78 is 14.4. The number of hydrogen-bond donors (Lipinski definition) is 1. The average Bonchev–Trinajstić information content (AvgIpc) is 3.12. The van der Waals surface area contributed by atoms with Gasteiger partial charge >= 0.3 is 0 Å². The normalized spacial score (nSPS) is 16.0. The number of nitrogens with one attached hydrogen (secondary N) is 1. The largest absolute Gasteiger partial charge is 0.350 e. The van der Waals surface area contributed by atoms with Gasteiger partial charge in [0.25, 0.3) is 5.91 Å². The van der Waals surface area contributed by atoms with Gasteiger partial charge in [-0.15, -0.1) is 0 Å². The summed E-state index contributed by atoms with van der Waals surface area (Å²) in [6.45, 7) is 4.00. The number of likely N-dealkylation sites (tertiary alicyclic amines) is 1. The lowest BCUT2D eigenvalue weighted by atomic mass is 10.0. The summed E-state index contributed by atoms with van der Waals surface area (Å²) in [5.41, 5.74) is 2.03. The number of benzene rings is 2. The predicted molar refractivity (Wildman–Crippen MR) is 98.5 cm³/mol. The van der Waals surface area contributed by atoms with Crippen LogP contribution in [0, 0.1) is 12.7 Å². The van der Waals surface area contributed by atoms with E-state index in [1.165, 1.54) is 6.07 Å². The zero-order valence-corrected chi connectivity index (χ0v) is 15.0. The Morgan fingerprint density at radius 1 is 1.20 bits per heavy atom. The average molecular weight is 361 g/mol. The molecule has 1 unspecified atom stereocenters. The minimum atomic E-state index is -0.324. The maximum atomic E-state index is 14.4. The van der Waals surface area contributed by atoms with E-state index in [1.807, 2.05) is 25.1 Å². The molecule has 1 N–H and O–H groups in total. The van der Waals surface area contributed by atoms with Crippen molar-refractivity contribution in [3.8, 4) is 0 Å². The lowest BCUT2D eigenvalue weighted by molar-refractivity contribution is 0.0936. The van der Waals surface area contributed by atoms with Gasteiger partial charge in [-0.3, -0.25) is 9.69 Å². The predicted octanol–water partition coefficient (Wildman–Crippen LogP) is 4.35. The molecule has 2 aromatic carbocycles. The van der Waals surface area contributed by atoms with Crippen LogP contribution in [0.4, 0.5) is 4.39 Å². The first-order valence-corrected chi connectivity index (χ1v) is 8.97. The standard InChI is InChI=1S/C20H22ClFN2O/c1-14-7-2-3-8-15(14)20(25)23-13-18(24-11-4-5-12-24)19-16(21)9-6-10-17(19)22/h2-3,6-10,18H,4-5,11-13H2,1H3,(H,23,25). The zero-order valence-electron chi connectivity index (χ0n) is 14.3. The van der Waals surface area contributed by atoms with E-state index in [4.69, 9.17) is 11.6 Å². The monoisotopic (exact) mass is 360 g/mol. The molecule has 1 aliphatic heterocycles. The van der Waals surface area contributed by atoms with Gasteiger partial charge in [0.15, 0.2) is 0 Å². The molecule has 3 nitrogen and oxygen atoms in total. The first kappa shape index (κ1) is 17.9. The molecule has 0 bridgehead atoms. The van der Waals surface area contributed by atoms with Gasteiger partial charge < -0.3 is 5.32 Å². The van der Waals surface area contributed by atoms with Crippen molar-refractivity contribution in [2.24, 2.45) is 0 Å². The second-order valence-corrected chi connectivity index (χ2v) is 6.83. The lowest BCUT2D eigenvalue weighted by Crippen LogP contribution is -2.37. The number of rotatable bonds is 5. The van der Waals surface area contributed by atoms with Gasteiger partial charge in [-0.25, -0.2) is 4.39 Å². The molecule has 2 aromatic rings. The van der Waals surface area contributed by atoms with Crippen molar-refractivity contribution in [3.63, 3.8) is 0 Å². The molecule has 1 aliphatic rings. The molecule has 0 aromatic heterocycles. The highest BCUT2D eigenvalue weighted by atomic mass is 35.5. The van der Waals surface area contributed by atoms with Crippen LogP contribution in [0.25, 0.3) is 0 Å². The summed E-state index contributed by atoms with van der Waals surface area (Å²) in [6.07, 6.45) is 2.16. The molecule has 1 saturated heterocycles. The van der Waals surface area contributed by atoms with Crippen LogP contribution in [0.5, 0.6) is 0 Å². The van der Waals surface area contributed by atoms with E-state index in [2.05, 4.69) is 10.2 Å². The quantitative estimate of drug-likeness (QED) is 0.859. The third-order valence-electron chi connectivity index (χ3n) is 4.76. The summed E-state index contributed by atoms with van der Waals surface area (Å²) in [4.78, 5) is 14.7. The summed E-state index contributed by atoms with van der Waals surface area (Å²) in [6, 6.07) is 11.9. The number of nitrogens with zero attached hydrogens (tertiary/aromatic N) is 1. The van der Waals surface area contributed by atoms with Crippen molar-refractivity contribution in [2.45, 2.75) is 25.8 Å². The van der Waals surface area contributed by atoms with Crippen LogP contribution >= 0.6 is 11.6 Å². The Bertz CT molecular complexity index is 739.